The number of methoxy groups -OCH3 is 1. The van der Waals surface area contributed by atoms with E-state index in [0.29, 0.717) is 5.56 Å². The van der Waals surface area contributed by atoms with Gasteiger partial charge in [0.25, 0.3) is 5.56 Å². The Hall–Kier alpha value is -2.89. The number of aromatic amines is 1. The van der Waals surface area contributed by atoms with Gasteiger partial charge in [-0.2, -0.15) is 0 Å². The van der Waals surface area contributed by atoms with Gasteiger partial charge in [0.05, 0.1) is 19.0 Å². The summed E-state index contributed by atoms with van der Waals surface area (Å²) in [6, 6.07) is 7.42. The molecule has 1 amide bonds. The molecule has 1 unspecified atom stereocenters. The smallest absolute Gasteiger partial charge is 0.260 e. The van der Waals surface area contributed by atoms with Gasteiger partial charge in [-0.25, -0.2) is 4.98 Å². The summed E-state index contributed by atoms with van der Waals surface area (Å²) < 4.78 is 5.12. The highest BCUT2D eigenvalue weighted by molar-refractivity contribution is 5.93. The summed E-state index contributed by atoms with van der Waals surface area (Å²) in [6.07, 6.45) is 6.42. The highest BCUT2D eigenvalue weighted by Crippen LogP contribution is 2.16. The maximum Gasteiger partial charge on any atom is 0.260 e. The number of aromatic nitrogens is 2. The van der Waals surface area contributed by atoms with Crippen LogP contribution < -0.4 is 15.6 Å². The number of carbonyl (C=O) groups is 1. The second-order valence-corrected chi connectivity index (χ2v) is 5.78. The van der Waals surface area contributed by atoms with Crippen molar-refractivity contribution in [2.24, 2.45) is 5.92 Å². The normalized spacial score (nSPS) is 12.1. The highest BCUT2D eigenvalue weighted by atomic mass is 16.5. The fraction of sp³-hybridized carbons (Fsp3) is 0.316. The van der Waals surface area contributed by atoms with Crippen LogP contribution >= 0.6 is 0 Å². The second kappa shape index (κ2) is 8.82. The van der Waals surface area contributed by atoms with Crippen molar-refractivity contribution in [1.82, 2.24) is 9.97 Å². The third kappa shape index (κ3) is 5.04. The summed E-state index contributed by atoms with van der Waals surface area (Å²) >= 11 is 0. The van der Waals surface area contributed by atoms with E-state index in [9.17, 15) is 9.59 Å². The molecule has 25 heavy (non-hydrogen) atoms. The minimum Gasteiger partial charge on any atom is -0.497 e. The van der Waals surface area contributed by atoms with Crippen LogP contribution in [0.15, 0.2) is 35.4 Å². The lowest BCUT2D eigenvalue weighted by Crippen LogP contribution is -2.23. The Morgan fingerprint density at radius 2 is 2.04 bits per heavy atom. The van der Waals surface area contributed by atoms with E-state index in [1.54, 1.807) is 19.3 Å². The average molecular weight is 341 g/mol. The van der Waals surface area contributed by atoms with Crippen LogP contribution in [0.2, 0.25) is 0 Å². The Balaban J connectivity index is 2.23. The molecule has 1 atom stereocenters. The van der Waals surface area contributed by atoms with Crippen LogP contribution in [0.1, 0.15) is 37.8 Å². The van der Waals surface area contributed by atoms with Crippen molar-refractivity contribution < 1.29 is 9.53 Å². The van der Waals surface area contributed by atoms with E-state index >= 15 is 0 Å². The Kier molecular flexibility index (Phi) is 6.51. The van der Waals surface area contributed by atoms with Crippen molar-refractivity contribution in [2.75, 3.05) is 12.4 Å². The summed E-state index contributed by atoms with van der Waals surface area (Å²) in [6.45, 7) is 3.89. The number of ether oxygens (including phenoxy) is 1. The van der Waals surface area contributed by atoms with Crippen molar-refractivity contribution in [1.29, 1.82) is 0 Å². The first-order chi connectivity index (χ1) is 12.0. The number of hydrogen-bond acceptors (Lipinski definition) is 4. The monoisotopic (exact) mass is 341 g/mol. The number of amides is 1. The predicted molar refractivity (Wildman–Crippen MR) is 99.5 cm³/mol. The fourth-order valence-electron chi connectivity index (χ4n) is 2.36. The maximum atomic E-state index is 12.2. The summed E-state index contributed by atoms with van der Waals surface area (Å²) in [5, 5.41) is 2.75. The van der Waals surface area contributed by atoms with E-state index in [2.05, 4.69) is 15.3 Å². The lowest BCUT2D eigenvalue weighted by molar-refractivity contribution is -0.119. The average Bonchev–Trinajstić information content (AvgIpc) is 2.62. The molecule has 6 nitrogen and oxygen atoms in total. The van der Waals surface area contributed by atoms with Crippen LogP contribution in [0.3, 0.4) is 0 Å². The molecule has 2 N–H and O–H groups in total. The lowest BCUT2D eigenvalue weighted by Gasteiger charge is -2.11. The van der Waals surface area contributed by atoms with Gasteiger partial charge in [-0.05, 0) is 30.2 Å². The molecule has 0 aliphatic heterocycles. The Morgan fingerprint density at radius 1 is 1.32 bits per heavy atom. The molecular weight excluding hydrogens is 318 g/mol. The number of hydrogen-bond donors (Lipinski definition) is 2. The van der Waals surface area contributed by atoms with Crippen LogP contribution in [0.5, 0.6) is 5.75 Å². The van der Waals surface area contributed by atoms with Crippen LogP contribution in [0.4, 0.5) is 5.82 Å². The third-order valence-corrected chi connectivity index (χ3v) is 3.86. The third-order valence-electron chi connectivity index (χ3n) is 3.86. The summed E-state index contributed by atoms with van der Waals surface area (Å²) in [5.74, 6) is 0.749. The molecule has 0 radical (unpaired) electrons. The molecular formula is C19H23N3O3. The van der Waals surface area contributed by atoms with Crippen LogP contribution in [-0.2, 0) is 4.79 Å². The number of nitrogens with one attached hydrogen (secondary N) is 2. The van der Waals surface area contributed by atoms with E-state index < -0.39 is 0 Å². The molecule has 132 valence electrons. The van der Waals surface area contributed by atoms with Crippen LogP contribution in [-0.4, -0.2) is 23.0 Å². The Labute approximate surface area is 147 Å². The molecule has 0 fully saturated rings. The molecule has 0 spiro atoms. The molecule has 2 rings (SSSR count). The quantitative estimate of drug-likeness (QED) is 0.809. The van der Waals surface area contributed by atoms with Gasteiger partial charge in [-0.3, -0.25) is 9.59 Å². The van der Waals surface area contributed by atoms with Crippen LogP contribution in [0.25, 0.3) is 12.2 Å². The minimum absolute atomic E-state index is 0.135. The molecule has 2 aromatic rings. The number of carbonyl (C=O) groups excluding carboxylic acids is 1. The van der Waals surface area contributed by atoms with Gasteiger partial charge >= 0.3 is 0 Å². The zero-order valence-corrected chi connectivity index (χ0v) is 14.7. The number of anilines is 1. The van der Waals surface area contributed by atoms with Gasteiger partial charge in [0.1, 0.15) is 11.6 Å². The van der Waals surface area contributed by atoms with Crippen molar-refractivity contribution in [3.05, 3.63) is 52.1 Å². The second-order valence-electron chi connectivity index (χ2n) is 5.78. The van der Waals surface area contributed by atoms with Gasteiger partial charge in [-0.15, -0.1) is 0 Å². The number of nitrogens with zero attached hydrogens (tertiary/aromatic N) is 1. The van der Waals surface area contributed by atoms with Gasteiger partial charge in [0, 0.05) is 5.92 Å². The minimum atomic E-state index is -0.307. The van der Waals surface area contributed by atoms with Crippen molar-refractivity contribution in [2.45, 2.75) is 26.7 Å². The molecule has 1 heterocycles. The number of benzene rings is 1. The molecule has 0 saturated carbocycles. The van der Waals surface area contributed by atoms with Crippen molar-refractivity contribution in [3.63, 3.8) is 0 Å². The van der Waals surface area contributed by atoms with E-state index in [1.807, 2.05) is 38.1 Å². The van der Waals surface area contributed by atoms with Gasteiger partial charge in [0.15, 0.2) is 0 Å². The first-order valence-corrected chi connectivity index (χ1v) is 8.25. The molecule has 0 bridgehead atoms. The van der Waals surface area contributed by atoms with E-state index in [4.69, 9.17) is 4.74 Å². The van der Waals surface area contributed by atoms with E-state index in [-0.39, 0.29) is 23.2 Å². The Morgan fingerprint density at radius 3 is 2.68 bits per heavy atom. The molecule has 0 aliphatic rings. The molecule has 1 aromatic heterocycles. The molecule has 0 saturated heterocycles. The largest absolute Gasteiger partial charge is 0.497 e. The first-order valence-electron chi connectivity index (χ1n) is 8.25. The molecule has 6 heteroatoms. The first kappa shape index (κ1) is 18.4. The van der Waals surface area contributed by atoms with E-state index in [0.717, 1.165) is 24.2 Å². The standard InChI is InChI=1S/C19H23N3O3/c1-4-5-13(2)18(23)22-17-16(19(24)21-12-20-17)11-8-14-6-9-15(25-3)10-7-14/h6-13H,4-5H2,1-3H3,(H2,20,21,22,23,24)/b11-8+. The van der Waals surface area contributed by atoms with Crippen LogP contribution in [0, 0.1) is 5.92 Å². The van der Waals surface area contributed by atoms with Crippen molar-refractivity contribution in [3.8, 4) is 5.75 Å². The zero-order valence-electron chi connectivity index (χ0n) is 14.7. The predicted octanol–water partition coefficient (Wildman–Crippen LogP) is 3.32. The zero-order chi connectivity index (χ0) is 18.2. The topological polar surface area (TPSA) is 84.1 Å². The van der Waals surface area contributed by atoms with Gasteiger partial charge in [0.2, 0.25) is 5.91 Å². The maximum absolute atomic E-state index is 12.2. The van der Waals surface area contributed by atoms with Crippen molar-refractivity contribution >= 4 is 23.9 Å². The number of rotatable bonds is 7. The SMILES string of the molecule is CCCC(C)C(=O)Nc1nc[nH]c(=O)c1/C=C/c1ccc(OC)cc1. The molecule has 0 aliphatic carbocycles. The summed E-state index contributed by atoms with van der Waals surface area (Å²) in [7, 11) is 1.61. The number of H-pyrrole nitrogens is 1. The lowest BCUT2D eigenvalue weighted by atomic mass is 10.1. The summed E-state index contributed by atoms with van der Waals surface area (Å²) in [5.41, 5.74) is 0.911. The van der Waals surface area contributed by atoms with E-state index in [1.165, 1.54) is 6.33 Å². The van der Waals surface area contributed by atoms with Gasteiger partial charge in [-0.1, -0.05) is 38.5 Å². The fourth-order valence-corrected chi connectivity index (χ4v) is 2.36. The Bertz CT molecular complexity index is 794. The molecule has 1 aromatic carbocycles. The highest BCUT2D eigenvalue weighted by Gasteiger charge is 2.15. The van der Waals surface area contributed by atoms with Gasteiger partial charge < -0.3 is 15.0 Å². The summed E-state index contributed by atoms with van der Waals surface area (Å²) in [4.78, 5) is 31.0.